The fourth-order valence-corrected chi connectivity index (χ4v) is 1.80. The minimum Gasteiger partial charge on any atom is -0.494 e. The molecule has 0 heterocycles. The maximum Gasteiger partial charge on any atom is 0.123 e. The highest BCUT2D eigenvalue weighted by Crippen LogP contribution is 2.20. The van der Waals surface area contributed by atoms with Gasteiger partial charge in [0.15, 0.2) is 0 Å². The summed E-state index contributed by atoms with van der Waals surface area (Å²) in [5, 5.41) is 8.98. The summed E-state index contributed by atoms with van der Waals surface area (Å²) in [5.74, 6) is 1.05. The summed E-state index contributed by atoms with van der Waals surface area (Å²) in [6.07, 6.45) is 0.953. The van der Waals surface area contributed by atoms with Crippen LogP contribution in [0.2, 0.25) is 0 Å². The number of halogens is 1. The van der Waals surface area contributed by atoms with Crippen LogP contribution in [0, 0.1) is 17.1 Å². The van der Waals surface area contributed by atoms with Crippen molar-refractivity contribution in [2.45, 2.75) is 20.0 Å². The normalized spacial score (nSPS) is 9.95. The summed E-state index contributed by atoms with van der Waals surface area (Å²) in [6.45, 7) is 2.87. The number of benzene rings is 2. The molecule has 0 amide bonds. The maximum atomic E-state index is 13.2. The fraction of sp³-hybridized carbons (Fsp3) is 0.235. The Kier molecular flexibility index (Phi) is 5.16. The predicted molar refractivity (Wildman–Crippen MR) is 77.7 cm³/mol. The van der Waals surface area contributed by atoms with E-state index in [0.717, 1.165) is 12.2 Å². The van der Waals surface area contributed by atoms with E-state index in [0.29, 0.717) is 23.5 Å². The zero-order chi connectivity index (χ0) is 15.1. The van der Waals surface area contributed by atoms with E-state index in [-0.39, 0.29) is 12.4 Å². The van der Waals surface area contributed by atoms with Gasteiger partial charge >= 0.3 is 0 Å². The molecular formula is C17H16FNO2. The number of hydrogen-bond acceptors (Lipinski definition) is 3. The van der Waals surface area contributed by atoms with E-state index in [1.54, 1.807) is 12.1 Å². The molecule has 0 radical (unpaired) electrons. The van der Waals surface area contributed by atoms with Gasteiger partial charge in [0.2, 0.25) is 0 Å². The molecule has 0 spiro atoms. The third-order valence-corrected chi connectivity index (χ3v) is 2.88. The molecule has 0 unspecified atom stereocenters. The monoisotopic (exact) mass is 285 g/mol. The standard InChI is InChI=1S/C17H16FNO2/c1-2-9-20-16-5-7-17(8-6-16)21-12-14-10-15(18)4-3-13(14)11-19/h3-8,10H,2,9,12H2,1H3. The van der Waals surface area contributed by atoms with Gasteiger partial charge in [-0.2, -0.15) is 5.26 Å². The lowest BCUT2D eigenvalue weighted by Gasteiger charge is -2.09. The first-order valence-corrected chi connectivity index (χ1v) is 6.77. The maximum absolute atomic E-state index is 13.2. The van der Waals surface area contributed by atoms with Crippen molar-refractivity contribution in [3.63, 3.8) is 0 Å². The van der Waals surface area contributed by atoms with Crippen molar-refractivity contribution in [2.75, 3.05) is 6.61 Å². The smallest absolute Gasteiger partial charge is 0.123 e. The van der Waals surface area contributed by atoms with E-state index in [9.17, 15) is 4.39 Å². The molecule has 0 bridgehead atoms. The molecule has 2 aromatic carbocycles. The van der Waals surface area contributed by atoms with Crippen molar-refractivity contribution in [3.05, 3.63) is 59.4 Å². The molecule has 0 aromatic heterocycles. The van der Waals surface area contributed by atoms with E-state index in [2.05, 4.69) is 0 Å². The first-order chi connectivity index (χ1) is 10.2. The van der Waals surface area contributed by atoms with Crippen LogP contribution in [0.15, 0.2) is 42.5 Å². The Balaban J connectivity index is 2.00. The summed E-state index contributed by atoms with van der Waals surface area (Å²) in [6, 6.07) is 13.3. The van der Waals surface area contributed by atoms with E-state index in [1.807, 2.05) is 25.1 Å². The minimum absolute atomic E-state index is 0.149. The first-order valence-electron chi connectivity index (χ1n) is 6.77. The molecule has 21 heavy (non-hydrogen) atoms. The molecule has 0 saturated heterocycles. The fourth-order valence-electron chi connectivity index (χ4n) is 1.80. The van der Waals surface area contributed by atoms with Crippen LogP contribution >= 0.6 is 0 Å². The Morgan fingerprint density at radius 2 is 1.71 bits per heavy atom. The van der Waals surface area contributed by atoms with Crippen LogP contribution in [0.3, 0.4) is 0 Å². The highest BCUT2D eigenvalue weighted by Gasteiger charge is 2.05. The second-order valence-corrected chi connectivity index (χ2v) is 4.52. The number of ether oxygens (including phenoxy) is 2. The summed E-state index contributed by atoms with van der Waals surface area (Å²) >= 11 is 0. The molecule has 0 saturated carbocycles. The molecule has 108 valence electrons. The Bertz CT molecular complexity index is 632. The SMILES string of the molecule is CCCOc1ccc(OCc2cc(F)ccc2C#N)cc1. The highest BCUT2D eigenvalue weighted by molar-refractivity contribution is 5.38. The van der Waals surface area contributed by atoms with Gasteiger partial charge < -0.3 is 9.47 Å². The van der Waals surface area contributed by atoms with Crippen molar-refractivity contribution >= 4 is 0 Å². The van der Waals surface area contributed by atoms with Crippen LogP contribution in [0.4, 0.5) is 4.39 Å². The predicted octanol–water partition coefficient (Wildman–Crippen LogP) is 4.07. The van der Waals surface area contributed by atoms with Gasteiger partial charge in [-0.3, -0.25) is 0 Å². The van der Waals surface area contributed by atoms with E-state index in [1.165, 1.54) is 18.2 Å². The molecule has 0 aliphatic rings. The van der Waals surface area contributed by atoms with Crippen LogP contribution in [-0.2, 0) is 6.61 Å². The van der Waals surface area contributed by atoms with E-state index in [4.69, 9.17) is 14.7 Å². The van der Waals surface area contributed by atoms with Gasteiger partial charge in [-0.1, -0.05) is 6.92 Å². The van der Waals surface area contributed by atoms with E-state index < -0.39 is 0 Å². The lowest BCUT2D eigenvalue weighted by atomic mass is 10.1. The number of rotatable bonds is 6. The molecule has 2 rings (SSSR count). The Hall–Kier alpha value is -2.54. The molecule has 0 atom stereocenters. The molecule has 0 N–H and O–H groups in total. The molecule has 4 heteroatoms. The average Bonchev–Trinajstić information content (AvgIpc) is 2.52. The molecule has 0 fully saturated rings. The Labute approximate surface area is 123 Å². The van der Waals surface area contributed by atoms with Gasteiger partial charge in [-0.05, 0) is 48.9 Å². The van der Waals surface area contributed by atoms with Crippen molar-refractivity contribution in [3.8, 4) is 17.6 Å². The topological polar surface area (TPSA) is 42.2 Å². The average molecular weight is 285 g/mol. The molecule has 2 aromatic rings. The van der Waals surface area contributed by atoms with Crippen LogP contribution in [0.25, 0.3) is 0 Å². The largest absolute Gasteiger partial charge is 0.494 e. The molecule has 0 aliphatic carbocycles. The zero-order valence-electron chi connectivity index (χ0n) is 11.8. The van der Waals surface area contributed by atoms with Crippen molar-refractivity contribution in [1.29, 1.82) is 5.26 Å². The summed E-state index contributed by atoms with van der Waals surface area (Å²) in [5.41, 5.74) is 0.947. The van der Waals surface area contributed by atoms with Crippen molar-refractivity contribution in [1.82, 2.24) is 0 Å². The van der Waals surface area contributed by atoms with Gasteiger partial charge in [0.05, 0.1) is 18.2 Å². The van der Waals surface area contributed by atoms with Gasteiger partial charge in [-0.25, -0.2) is 4.39 Å². The molecule has 3 nitrogen and oxygen atoms in total. The Morgan fingerprint density at radius 3 is 2.33 bits per heavy atom. The van der Waals surface area contributed by atoms with Crippen molar-refractivity contribution in [2.24, 2.45) is 0 Å². The number of nitrogens with zero attached hydrogens (tertiary/aromatic N) is 1. The van der Waals surface area contributed by atoms with Crippen LogP contribution in [-0.4, -0.2) is 6.61 Å². The second kappa shape index (κ2) is 7.30. The van der Waals surface area contributed by atoms with Crippen molar-refractivity contribution < 1.29 is 13.9 Å². The van der Waals surface area contributed by atoms with Gasteiger partial charge in [0.1, 0.15) is 23.9 Å². The molecular weight excluding hydrogens is 269 g/mol. The van der Waals surface area contributed by atoms with E-state index >= 15 is 0 Å². The Morgan fingerprint density at radius 1 is 1.05 bits per heavy atom. The van der Waals surface area contributed by atoms with Gasteiger partial charge in [-0.15, -0.1) is 0 Å². The van der Waals surface area contributed by atoms with Crippen LogP contribution < -0.4 is 9.47 Å². The third kappa shape index (κ3) is 4.22. The van der Waals surface area contributed by atoms with Crippen LogP contribution in [0.5, 0.6) is 11.5 Å². The van der Waals surface area contributed by atoms with Crippen LogP contribution in [0.1, 0.15) is 24.5 Å². The zero-order valence-corrected chi connectivity index (χ0v) is 11.8. The highest BCUT2D eigenvalue weighted by atomic mass is 19.1. The summed E-state index contributed by atoms with van der Waals surface area (Å²) in [4.78, 5) is 0. The minimum atomic E-state index is -0.379. The third-order valence-electron chi connectivity index (χ3n) is 2.88. The number of nitriles is 1. The lowest BCUT2D eigenvalue weighted by molar-refractivity contribution is 0.300. The molecule has 0 aliphatic heterocycles. The summed E-state index contributed by atoms with van der Waals surface area (Å²) in [7, 11) is 0. The lowest BCUT2D eigenvalue weighted by Crippen LogP contribution is -1.99. The first kappa shape index (κ1) is 14.9. The van der Waals surface area contributed by atoms with Gasteiger partial charge in [0.25, 0.3) is 0 Å². The second-order valence-electron chi connectivity index (χ2n) is 4.52. The number of hydrogen-bond donors (Lipinski definition) is 0. The van der Waals surface area contributed by atoms with Gasteiger partial charge in [0, 0.05) is 5.56 Å². The summed E-state index contributed by atoms with van der Waals surface area (Å²) < 4.78 is 24.3. The quantitative estimate of drug-likeness (QED) is 0.803.